The van der Waals surface area contributed by atoms with Crippen molar-refractivity contribution >= 4 is 11.6 Å². The molecule has 1 aromatic rings. The summed E-state index contributed by atoms with van der Waals surface area (Å²) in [7, 11) is 0. The van der Waals surface area contributed by atoms with Gasteiger partial charge in [0.25, 0.3) is 0 Å². The first-order chi connectivity index (χ1) is 8.63. The number of benzene rings is 1. The number of piperidine rings is 1. The Labute approximate surface area is 106 Å². The van der Waals surface area contributed by atoms with Crippen molar-refractivity contribution in [3.05, 3.63) is 29.6 Å². The summed E-state index contributed by atoms with van der Waals surface area (Å²) in [6, 6.07) is 4.97. The number of carbonyl (C=O) groups excluding carboxylic acids is 1. The van der Waals surface area contributed by atoms with Gasteiger partial charge in [0.05, 0.1) is 0 Å². The highest BCUT2D eigenvalue weighted by molar-refractivity contribution is 5.77. The second-order valence-electron chi connectivity index (χ2n) is 4.61. The second kappa shape index (κ2) is 5.35. The summed E-state index contributed by atoms with van der Waals surface area (Å²) >= 11 is 0. The number of amides is 1. The molecule has 0 radical (unpaired) electrons. The van der Waals surface area contributed by atoms with E-state index in [1.807, 2.05) is 6.07 Å². The van der Waals surface area contributed by atoms with Gasteiger partial charge in [-0.05, 0) is 25.0 Å². The number of carbonyl (C=O) groups is 1. The molecule has 1 saturated heterocycles. The third kappa shape index (κ3) is 2.46. The van der Waals surface area contributed by atoms with E-state index in [2.05, 4.69) is 4.90 Å². The lowest BCUT2D eigenvalue weighted by molar-refractivity contribution is -0.122. The topological polar surface area (TPSA) is 72.3 Å². The van der Waals surface area contributed by atoms with E-state index >= 15 is 0 Å². The maximum Gasteiger partial charge on any atom is 0.220 e. The molecular weight excluding hydrogens is 233 g/mol. The Balaban J connectivity index is 2.14. The first-order valence-corrected chi connectivity index (χ1v) is 6.15. The number of hydrogen-bond acceptors (Lipinski definition) is 3. The Bertz CT molecular complexity index is 442. The number of primary amides is 1. The van der Waals surface area contributed by atoms with Crippen molar-refractivity contribution < 1.29 is 9.18 Å². The third-order valence-electron chi connectivity index (χ3n) is 3.54. The normalized spacial score (nSPS) is 16.9. The first kappa shape index (κ1) is 12.8. The van der Waals surface area contributed by atoms with Crippen molar-refractivity contribution in [1.82, 2.24) is 0 Å². The van der Waals surface area contributed by atoms with Gasteiger partial charge in [0.1, 0.15) is 5.82 Å². The number of hydrogen-bond donors (Lipinski definition) is 2. The molecule has 1 aliphatic rings. The van der Waals surface area contributed by atoms with Gasteiger partial charge in [0, 0.05) is 36.8 Å². The summed E-state index contributed by atoms with van der Waals surface area (Å²) < 4.78 is 13.6. The van der Waals surface area contributed by atoms with Gasteiger partial charge < -0.3 is 16.4 Å². The second-order valence-corrected chi connectivity index (χ2v) is 4.61. The number of nitrogens with two attached hydrogens (primary N) is 2. The molecule has 1 aliphatic heterocycles. The molecule has 1 aromatic carbocycles. The lowest BCUT2D eigenvalue weighted by Crippen LogP contribution is -2.39. The lowest BCUT2D eigenvalue weighted by atomic mass is 9.95. The number of rotatable bonds is 3. The summed E-state index contributed by atoms with van der Waals surface area (Å²) in [5.41, 5.74) is 12.3. The van der Waals surface area contributed by atoms with Crippen molar-refractivity contribution in [2.75, 3.05) is 18.0 Å². The maximum atomic E-state index is 13.6. The fourth-order valence-electron chi connectivity index (χ4n) is 2.45. The largest absolute Gasteiger partial charge is 0.371 e. The van der Waals surface area contributed by atoms with Gasteiger partial charge in [-0.2, -0.15) is 0 Å². The van der Waals surface area contributed by atoms with E-state index in [1.54, 1.807) is 6.07 Å². The Hall–Kier alpha value is -1.62. The van der Waals surface area contributed by atoms with Crippen LogP contribution in [0.25, 0.3) is 0 Å². The smallest absolute Gasteiger partial charge is 0.220 e. The Morgan fingerprint density at radius 3 is 2.61 bits per heavy atom. The monoisotopic (exact) mass is 251 g/mol. The number of anilines is 1. The van der Waals surface area contributed by atoms with Crippen molar-refractivity contribution in [3.8, 4) is 0 Å². The SMILES string of the molecule is NCc1c(F)cccc1N1CCC(C(N)=O)CC1. The fraction of sp³-hybridized carbons (Fsp3) is 0.462. The molecule has 0 saturated carbocycles. The molecule has 98 valence electrons. The highest BCUT2D eigenvalue weighted by Gasteiger charge is 2.24. The average Bonchev–Trinajstić information content (AvgIpc) is 2.38. The molecule has 0 unspecified atom stereocenters. The highest BCUT2D eigenvalue weighted by Crippen LogP contribution is 2.27. The predicted molar refractivity (Wildman–Crippen MR) is 68.4 cm³/mol. The van der Waals surface area contributed by atoms with Crippen LogP contribution in [-0.4, -0.2) is 19.0 Å². The zero-order chi connectivity index (χ0) is 13.1. The van der Waals surface area contributed by atoms with E-state index in [-0.39, 0.29) is 24.2 Å². The third-order valence-corrected chi connectivity index (χ3v) is 3.54. The van der Waals surface area contributed by atoms with Crippen LogP contribution in [0.2, 0.25) is 0 Å². The summed E-state index contributed by atoms with van der Waals surface area (Å²) in [5.74, 6) is -0.573. The van der Waals surface area contributed by atoms with Crippen LogP contribution in [0.15, 0.2) is 18.2 Å². The highest BCUT2D eigenvalue weighted by atomic mass is 19.1. The molecule has 18 heavy (non-hydrogen) atoms. The van der Waals surface area contributed by atoms with Crippen molar-refractivity contribution in [2.45, 2.75) is 19.4 Å². The van der Waals surface area contributed by atoms with E-state index in [0.29, 0.717) is 18.7 Å². The molecule has 0 bridgehead atoms. The summed E-state index contributed by atoms with van der Waals surface area (Å²) in [4.78, 5) is 13.2. The molecule has 2 rings (SSSR count). The van der Waals surface area contributed by atoms with Crippen LogP contribution in [0.3, 0.4) is 0 Å². The van der Waals surface area contributed by atoms with E-state index in [4.69, 9.17) is 11.5 Å². The van der Waals surface area contributed by atoms with Gasteiger partial charge in [-0.3, -0.25) is 4.79 Å². The minimum absolute atomic E-state index is 0.0591. The standard InChI is InChI=1S/C13H18FN3O/c14-11-2-1-3-12(10(11)8-15)17-6-4-9(5-7-17)13(16)18/h1-3,9H,4-8,15H2,(H2,16,18). The molecule has 0 atom stereocenters. The van der Waals surface area contributed by atoms with Crippen molar-refractivity contribution in [2.24, 2.45) is 17.4 Å². The van der Waals surface area contributed by atoms with Crippen molar-refractivity contribution in [3.63, 3.8) is 0 Å². The Morgan fingerprint density at radius 2 is 2.06 bits per heavy atom. The van der Waals surface area contributed by atoms with Crippen molar-refractivity contribution in [1.29, 1.82) is 0 Å². The summed E-state index contributed by atoms with van der Waals surface area (Å²) in [5, 5.41) is 0. The van der Waals surface area contributed by atoms with E-state index in [1.165, 1.54) is 6.07 Å². The summed E-state index contributed by atoms with van der Waals surface area (Å²) in [6.45, 7) is 1.60. The van der Waals surface area contributed by atoms with Gasteiger partial charge in [-0.15, -0.1) is 0 Å². The molecule has 5 heteroatoms. The van der Waals surface area contributed by atoms with Crippen LogP contribution >= 0.6 is 0 Å². The van der Waals surface area contributed by atoms with Crippen LogP contribution in [0.5, 0.6) is 0 Å². The molecule has 1 fully saturated rings. The quantitative estimate of drug-likeness (QED) is 0.841. The summed E-state index contributed by atoms with van der Waals surface area (Å²) in [6.07, 6.45) is 1.44. The Morgan fingerprint density at radius 1 is 1.39 bits per heavy atom. The maximum absolute atomic E-state index is 13.6. The van der Waals surface area contributed by atoms with Crippen LogP contribution in [0, 0.1) is 11.7 Å². The van der Waals surface area contributed by atoms with E-state index < -0.39 is 0 Å². The van der Waals surface area contributed by atoms with Crippen LogP contribution in [-0.2, 0) is 11.3 Å². The molecular formula is C13H18FN3O. The van der Waals surface area contributed by atoms with E-state index in [9.17, 15) is 9.18 Å². The number of halogens is 1. The van der Waals surface area contributed by atoms with E-state index in [0.717, 1.165) is 18.5 Å². The van der Waals surface area contributed by atoms with Gasteiger partial charge in [-0.25, -0.2) is 4.39 Å². The van der Waals surface area contributed by atoms with Crippen LogP contribution in [0.4, 0.5) is 10.1 Å². The zero-order valence-corrected chi connectivity index (χ0v) is 10.2. The lowest BCUT2D eigenvalue weighted by Gasteiger charge is -2.33. The minimum Gasteiger partial charge on any atom is -0.371 e. The van der Waals surface area contributed by atoms with Gasteiger partial charge in [0.2, 0.25) is 5.91 Å². The molecule has 4 N–H and O–H groups in total. The van der Waals surface area contributed by atoms with Gasteiger partial charge in [-0.1, -0.05) is 6.07 Å². The Kier molecular flexibility index (Phi) is 3.81. The first-order valence-electron chi connectivity index (χ1n) is 6.15. The zero-order valence-electron chi connectivity index (χ0n) is 10.2. The van der Waals surface area contributed by atoms with Crippen LogP contribution < -0.4 is 16.4 Å². The molecule has 4 nitrogen and oxygen atoms in total. The number of nitrogens with zero attached hydrogens (tertiary/aromatic N) is 1. The molecule has 0 aliphatic carbocycles. The average molecular weight is 251 g/mol. The molecule has 1 heterocycles. The van der Waals surface area contributed by atoms with Gasteiger partial charge in [0.15, 0.2) is 0 Å². The van der Waals surface area contributed by atoms with Gasteiger partial charge >= 0.3 is 0 Å². The van der Waals surface area contributed by atoms with Crippen LogP contribution in [0.1, 0.15) is 18.4 Å². The molecule has 0 aromatic heterocycles. The molecule has 1 amide bonds. The molecule has 0 spiro atoms. The minimum atomic E-state index is -0.271. The fourth-order valence-corrected chi connectivity index (χ4v) is 2.45. The predicted octanol–water partition coefficient (Wildman–Crippen LogP) is 0.986.